The van der Waals surface area contributed by atoms with Crippen LogP contribution in [0.25, 0.3) is 11.0 Å². The number of hydrogen-bond acceptors (Lipinski definition) is 5. The highest BCUT2D eigenvalue weighted by Crippen LogP contribution is 2.39. The summed E-state index contributed by atoms with van der Waals surface area (Å²) in [5.74, 6) is -0.666. The SMILES string of the molecule is CP(=O)(O)OCC1CC[C@H](n2cc(F)c3c(=O)[nH]cnc32)O1. The molecule has 0 spiro atoms. The van der Waals surface area contributed by atoms with Crippen molar-refractivity contribution in [1.29, 1.82) is 0 Å². The molecule has 1 aliphatic rings. The lowest BCUT2D eigenvalue weighted by atomic mass is 10.2. The van der Waals surface area contributed by atoms with E-state index in [1.807, 2.05) is 0 Å². The summed E-state index contributed by atoms with van der Waals surface area (Å²) in [6.07, 6.45) is 2.67. The van der Waals surface area contributed by atoms with Crippen LogP contribution in [0.4, 0.5) is 4.39 Å². The number of fused-ring (bicyclic) bond motifs is 1. The molecule has 0 radical (unpaired) electrons. The normalized spacial score (nSPS) is 24.7. The highest BCUT2D eigenvalue weighted by atomic mass is 31.2. The van der Waals surface area contributed by atoms with Crippen molar-refractivity contribution in [2.75, 3.05) is 13.3 Å². The second kappa shape index (κ2) is 5.58. The molecule has 8 nitrogen and oxygen atoms in total. The summed E-state index contributed by atoms with van der Waals surface area (Å²) < 4.78 is 37.0. The van der Waals surface area contributed by atoms with Gasteiger partial charge in [0.1, 0.15) is 11.6 Å². The van der Waals surface area contributed by atoms with Crippen LogP contribution in [-0.4, -0.2) is 38.8 Å². The van der Waals surface area contributed by atoms with Gasteiger partial charge < -0.3 is 23.7 Å². The zero-order valence-corrected chi connectivity index (χ0v) is 12.6. The van der Waals surface area contributed by atoms with Crippen LogP contribution >= 0.6 is 7.60 Å². The fourth-order valence-corrected chi connectivity index (χ4v) is 2.95. The first-order valence-electron chi connectivity index (χ1n) is 6.69. The quantitative estimate of drug-likeness (QED) is 0.820. The Kier molecular flexibility index (Phi) is 3.90. The van der Waals surface area contributed by atoms with Gasteiger partial charge in [0.05, 0.1) is 19.0 Å². The molecule has 2 aromatic rings. The maximum absolute atomic E-state index is 13.9. The lowest BCUT2D eigenvalue weighted by molar-refractivity contribution is -0.0172. The number of halogens is 1. The zero-order valence-electron chi connectivity index (χ0n) is 11.7. The van der Waals surface area contributed by atoms with Crippen molar-refractivity contribution in [2.45, 2.75) is 25.2 Å². The molecule has 120 valence electrons. The average Bonchev–Trinajstić information content (AvgIpc) is 3.01. The lowest BCUT2D eigenvalue weighted by Gasteiger charge is -2.16. The average molecular weight is 331 g/mol. The third kappa shape index (κ3) is 2.98. The first-order chi connectivity index (χ1) is 10.3. The molecule has 2 unspecified atom stereocenters. The van der Waals surface area contributed by atoms with Gasteiger partial charge >= 0.3 is 7.60 Å². The molecule has 1 saturated heterocycles. The van der Waals surface area contributed by atoms with Gasteiger partial charge in [0.15, 0.2) is 11.5 Å². The Bertz CT molecular complexity index is 798. The summed E-state index contributed by atoms with van der Waals surface area (Å²) in [5.41, 5.74) is -0.345. The molecule has 1 fully saturated rings. The van der Waals surface area contributed by atoms with Crippen LogP contribution in [0.3, 0.4) is 0 Å². The lowest BCUT2D eigenvalue weighted by Crippen LogP contribution is -2.16. The summed E-state index contributed by atoms with van der Waals surface area (Å²) >= 11 is 0. The molecule has 0 aliphatic carbocycles. The van der Waals surface area contributed by atoms with Crippen molar-refractivity contribution in [2.24, 2.45) is 0 Å². The third-order valence-electron chi connectivity index (χ3n) is 3.46. The van der Waals surface area contributed by atoms with Crippen molar-refractivity contribution in [3.05, 3.63) is 28.7 Å². The Morgan fingerprint density at radius 3 is 3.14 bits per heavy atom. The largest absolute Gasteiger partial charge is 0.352 e. The zero-order chi connectivity index (χ0) is 15.9. The van der Waals surface area contributed by atoms with Crippen molar-refractivity contribution in [3.8, 4) is 0 Å². The van der Waals surface area contributed by atoms with E-state index in [4.69, 9.17) is 14.2 Å². The van der Waals surface area contributed by atoms with Crippen LogP contribution in [0.2, 0.25) is 0 Å². The number of rotatable bonds is 4. The van der Waals surface area contributed by atoms with E-state index in [1.54, 1.807) is 0 Å². The Labute approximate surface area is 124 Å². The van der Waals surface area contributed by atoms with Gasteiger partial charge in [-0.15, -0.1) is 0 Å². The Balaban J connectivity index is 1.81. The van der Waals surface area contributed by atoms with Gasteiger partial charge in [0, 0.05) is 12.9 Å². The molecule has 3 atom stereocenters. The fraction of sp³-hybridized carbons (Fsp3) is 0.500. The minimum atomic E-state index is -3.56. The van der Waals surface area contributed by atoms with Gasteiger partial charge in [-0.1, -0.05) is 0 Å². The summed E-state index contributed by atoms with van der Waals surface area (Å²) in [6, 6.07) is 0. The maximum atomic E-state index is 13.9. The van der Waals surface area contributed by atoms with E-state index < -0.39 is 25.2 Å². The van der Waals surface area contributed by atoms with Gasteiger partial charge in [-0.05, 0) is 12.8 Å². The molecule has 0 amide bonds. The van der Waals surface area contributed by atoms with E-state index in [0.717, 1.165) is 6.66 Å². The Morgan fingerprint density at radius 2 is 2.41 bits per heavy atom. The van der Waals surface area contributed by atoms with Crippen molar-refractivity contribution < 1.29 is 23.1 Å². The topological polar surface area (TPSA) is 106 Å². The van der Waals surface area contributed by atoms with E-state index in [2.05, 4.69) is 9.97 Å². The molecule has 0 aromatic carbocycles. The van der Waals surface area contributed by atoms with Crippen molar-refractivity contribution in [3.63, 3.8) is 0 Å². The molecule has 10 heteroatoms. The molecule has 1 aliphatic heterocycles. The number of aromatic amines is 1. The Morgan fingerprint density at radius 1 is 1.64 bits per heavy atom. The monoisotopic (exact) mass is 331 g/mol. The van der Waals surface area contributed by atoms with Crippen LogP contribution in [0.1, 0.15) is 19.1 Å². The van der Waals surface area contributed by atoms with Gasteiger partial charge in [-0.2, -0.15) is 0 Å². The van der Waals surface area contributed by atoms with E-state index in [1.165, 1.54) is 17.1 Å². The molecule has 2 aromatic heterocycles. The number of ether oxygens (including phenoxy) is 1. The standard InChI is InChI=1S/C12H15FN3O5P/c1-22(18,19)20-5-7-2-3-9(21-7)16-4-8(13)10-11(16)14-6-15-12(10)17/h4,6-7,9H,2-3,5H2,1H3,(H,18,19)(H,14,15,17)/t7?,9-/m1/s1. The van der Waals surface area contributed by atoms with Gasteiger partial charge in [-0.25, -0.2) is 9.37 Å². The van der Waals surface area contributed by atoms with E-state index >= 15 is 0 Å². The number of hydrogen-bond donors (Lipinski definition) is 2. The third-order valence-corrected chi connectivity index (χ3v) is 4.09. The molecule has 0 saturated carbocycles. The van der Waals surface area contributed by atoms with E-state index in [9.17, 15) is 13.8 Å². The summed E-state index contributed by atoms with van der Waals surface area (Å²) in [6.45, 7) is 1.08. The van der Waals surface area contributed by atoms with Crippen LogP contribution in [-0.2, 0) is 13.8 Å². The number of aromatic nitrogens is 3. The van der Waals surface area contributed by atoms with Crippen LogP contribution < -0.4 is 5.56 Å². The first-order valence-corrected chi connectivity index (χ1v) is 8.71. The predicted octanol–water partition coefficient (Wildman–Crippen LogP) is 1.37. The molecule has 2 N–H and O–H groups in total. The van der Waals surface area contributed by atoms with Crippen molar-refractivity contribution in [1.82, 2.24) is 14.5 Å². The molecule has 3 heterocycles. The molecule has 0 bridgehead atoms. The molecular formula is C12H15FN3O5P. The molecule has 22 heavy (non-hydrogen) atoms. The van der Waals surface area contributed by atoms with Crippen LogP contribution in [0.5, 0.6) is 0 Å². The number of nitrogens with one attached hydrogen (secondary N) is 1. The second-order valence-corrected chi connectivity index (χ2v) is 7.07. The first kappa shape index (κ1) is 15.4. The minimum Gasteiger partial charge on any atom is -0.352 e. The maximum Gasteiger partial charge on any atom is 0.325 e. The number of nitrogens with zero attached hydrogens (tertiary/aromatic N) is 2. The molecule has 3 rings (SSSR count). The van der Waals surface area contributed by atoms with Gasteiger partial charge in [0.2, 0.25) is 0 Å². The second-order valence-electron chi connectivity index (χ2n) is 5.20. The van der Waals surface area contributed by atoms with E-state index in [0.29, 0.717) is 12.8 Å². The van der Waals surface area contributed by atoms with E-state index in [-0.39, 0.29) is 23.7 Å². The predicted molar refractivity (Wildman–Crippen MR) is 75.2 cm³/mol. The van der Waals surface area contributed by atoms with Crippen molar-refractivity contribution >= 4 is 18.6 Å². The van der Waals surface area contributed by atoms with Gasteiger partial charge in [-0.3, -0.25) is 9.36 Å². The minimum absolute atomic E-state index is 0.0174. The summed E-state index contributed by atoms with van der Waals surface area (Å²) in [7, 11) is -3.56. The number of H-pyrrole nitrogens is 1. The summed E-state index contributed by atoms with van der Waals surface area (Å²) in [5, 5.41) is -0.112. The van der Waals surface area contributed by atoms with Crippen LogP contribution in [0, 0.1) is 5.82 Å². The summed E-state index contributed by atoms with van der Waals surface area (Å²) in [4.78, 5) is 27.1. The smallest absolute Gasteiger partial charge is 0.325 e. The highest BCUT2D eigenvalue weighted by molar-refractivity contribution is 7.51. The molecular weight excluding hydrogens is 316 g/mol. The highest BCUT2D eigenvalue weighted by Gasteiger charge is 2.30. The van der Waals surface area contributed by atoms with Gasteiger partial charge in [0.25, 0.3) is 5.56 Å². The van der Waals surface area contributed by atoms with Crippen LogP contribution in [0.15, 0.2) is 17.3 Å². The Hall–Kier alpha value is -1.54. The fourth-order valence-electron chi connectivity index (χ4n) is 2.50.